The molecule has 9 heteroatoms. The summed E-state index contributed by atoms with van der Waals surface area (Å²) in [5, 5.41) is 12.1. The van der Waals surface area contributed by atoms with Gasteiger partial charge in [-0.2, -0.15) is 10.2 Å². The number of methoxy groups -OCH3 is 1. The minimum absolute atomic E-state index is 0.299. The molecule has 1 atom stereocenters. The van der Waals surface area contributed by atoms with E-state index in [9.17, 15) is 4.21 Å². The highest BCUT2D eigenvalue weighted by atomic mass is 32.2. The second kappa shape index (κ2) is 7.84. The molecule has 1 aromatic carbocycles. The third-order valence-corrected chi connectivity index (χ3v) is 6.19. The molecule has 0 fully saturated rings. The zero-order valence-corrected chi connectivity index (χ0v) is 17.3. The van der Waals surface area contributed by atoms with Crippen LogP contribution in [0.5, 0.6) is 0 Å². The van der Waals surface area contributed by atoms with Gasteiger partial charge < -0.3 is 4.74 Å². The maximum absolute atomic E-state index is 12.7. The van der Waals surface area contributed by atoms with Crippen molar-refractivity contribution in [3.05, 3.63) is 49.1 Å². The molecule has 0 aliphatic carbocycles. The second-order valence-corrected chi connectivity index (χ2v) is 8.86. The van der Waals surface area contributed by atoms with Crippen molar-refractivity contribution in [2.45, 2.75) is 30.8 Å². The van der Waals surface area contributed by atoms with Crippen LogP contribution in [-0.2, 0) is 15.5 Å². The number of ether oxygens (including phenoxy) is 1. The van der Waals surface area contributed by atoms with Crippen LogP contribution < -0.4 is 0 Å². The molecule has 0 aliphatic heterocycles. The number of hydrogen-bond acceptors (Lipinski definition) is 6. The topological polar surface area (TPSA) is 98.6 Å². The van der Waals surface area contributed by atoms with E-state index in [2.05, 4.69) is 25.3 Å². The molecule has 0 saturated heterocycles. The van der Waals surface area contributed by atoms with E-state index >= 15 is 0 Å². The van der Waals surface area contributed by atoms with Gasteiger partial charge in [0.1, 0.15) is 6.33 Å². The van der Waals surface area contributed by atoms with Crippen LogP contribution in [-0.4, -0.2) is 52.6 Å². The first-order chi connectivity index (χ1) is 14.0. The molecule has 1 N–H and O–H groups in total. The summed E-state index contributed by atoms with van der Waals surface area (Å²) in [7, 11) is 0.523. The normalized spacial score (nSPS) is 13.1. The predicted molar refractivity (Wildman–Crippen MR) is 111 cm³/mol. The van der Waals surface area contributed by atoms with Gasteiger partial charge >= 0.3 is 0 Å². The molecule has 4 rings (SSSR count). The summed E-state index contributed by atoms with van der Waals surface area (Å²) < 4.78 is 19.8. The van der Waals surface area contributed by atoms with Crippen LogP contribution in [0.15, 0.2) is 53.9 Å². The lowest BCUT2D eigenvalue weighted by Gasteiger charge is -2.22. The number of fused-ring (bicyclic) bond motifs is 1. The minimum Gasteiger partial charge on any atom is -0.379 e. The van der Waals surface area contributed by atoms with Crippen LogP contribution in [0.3, 0.4) is 0 Å². The molecule has 150 valence electrons. The number of pyridine rings is 1. The molecule has 29 heavy (non-hydrogen) atoms. The number of aromatic amines is 1. The smallest absolute Gasteiger partial charge is 0.162 e. The summed E-state index contributed by atoms with van der Waals surface area (Å²) in [5.41, 5.74) is 2.17. The summed E-state index contributed by atoms with van der Waals surface area (Å²) in [6.45, 7) is 3.98. The fourth-order valence-electron chi connectivity index (χ4n) is 2.90. The Morgan fingerprint density at radius 2 is 2.07 bits per heavy atom. The average molecular weight is 411 g/mol. The minimum atomic E-state index is -1.15. The van der Waals surface area contributed by atoms with E-state index in [-0.39, 0.29) is 5.60 Å². The van der Waals surface area contributed by atoms with Crippen molar-refractivity contribution in [2.24, 2.45) is 0 Å². The monoisotopic (exact) mass is 410 g/mol. The van der Waals surface area contributed by atoms with Gasteiger partial charge in [-0.3, -0.25) is 9.31 Å². The number of hydrogen-bond donors (Lipinski definition) is 1. The van der Waals surface area contributed by atoms with E-state index in [1.165, 1.54) is 6.33 Å². The lowest BCUT2D eigenvalue weighted by Crippen LogP contribution is -2.24. The molecule has 0 bridgehead atoms. The Bertz CT molecular complexity index is 1150. The Morgan fingerprint density at radius 1 is 1.21 bits per heavy atom. The Kier molecular flexibility index (Phi) is 5.25. The van der Waals surface area contributed by atoms with E-state index < -0.39 is 10.8 Å². The Balaban J connectivity index is 1.61. The SMILES string of the molecule is COC(C)(C)CC[S@](=O)c1cnc2c(cnn2-c2cccc(-c3ncn[nH]3)c2)c1. The van der Waals surface area contributed by atoms with Crippen LogP contribution in [0.25, 0.3) is 28.1 Å². The van der Waals surface area contributed by atoms with E-state index in [1.54, 1.807) is 24.2 Å². The molecule has 0 radical (unpaired) electrons. The van der Waals surface area contributed by atoms with Crippen molar-refractivity contribution in [3.8, 4) is 17.1 Å². The van der Waals surface area contributed by atoms with Crippen LogP contribution in [0.1, 0.15) is 20.3 Å². The largest absolute Gasteiger partial charge is 0.379 e. The van der Waals surface area contributed by atoms with Crippen LogP contribution >= 0.6 is 0 Å². The fourth-order valence-corrected chi connectivity index (χ4v) is 4.24. The highest BCUT2D eigenvalue weighted by Gasteiger charge is 2.19. The van der Waals surface area contributed by atoms with Gasteiger partial charge in [0, 0.05) is 30.0 Å². The van der Waals surface area contributed by atoms with E-state index in [0.717, 1.165) is 16.6 Å². The first-order valence-corrected chi connectivity index (χ1v) is 10.5. The van der Waals surface area contributed by atoms with Crippen LogP contribution in [0, 0.1) is 0 Å². The van der Waals surface area contributed by atoms with Gasteiger partial charge in [-0.1, -0.05) is 12.1 Å². The van der Waals surface area contributed by atoms with Gasteiger partial charge in [-0.05, 0) is 38.5 Å². The lowest BCUT2D eigenvalue weighted by atomic mass is 10.1. The van der Waals surface area contributed by atoms with Gasteiger partial charge in [-0.15, -0.1) is 0 Å². The molecular formula is C20H22N6O2S. The summed E-state index contributed by atoms with van der Waals surface area (Å²) in [6, 6.07) is 9.69. The number of nitrogens with one attached hydrogen (secondary N) is 1. The fraction of sp³-hybridized carbons (Fsp3) is 0.300. The summed E-state index contributed by atoms with van der Waals surface area (Å²) in [6.07, 6.45) is 5.57. The molecule has 4 aromatic rings. The van der Waals surface area contributed by atoms with Gasteiger partial charge in [0.15, 0.2) is 11.5 Å². The number of rotatable bonds is 7. The molecule has 0 spiro atoms. The molecule has 0 saturated carbocycles. The Hall–Kier alpha value is -2.91. The van der Waals surface area contributed by atoms with Crippen molar-refractivity contribution in [1.29, 1.82) is 0 Å². The number of benzene rings is 1. The molecule has 3 heterocycles. The maximum atomic E-state index is 12.7. The average Bonchev–Trinajstić information content (AvgIpc) is 3.42. The maximum Gasteiger partial charge on any atom is 0.162 e. The van der Waals surface area contributed by atoms with E-state index in [1.807, 2.05) is 44.2 Å². The molecule has 0 aliphatic rings. The van der Waals surface area contributed by atoms with Crippen molar-refractivity contribution in [1.82, 2.24) is 29.9 Å². The van der Waals surface area contributed by atoms with Crippen LogP contribution in [0.2, 0.25) is 0 Å². The van der Waals surface area contributed by atoms with Crippen molar-refractivity contribution >= 4 is 21.8 Å². The van der Waals surface area contributed by atoms with Gasteiger partial charge in [0.25, 0.3) is 0 Å². The van der Waals surface area contributed by atoms with Crippen molar-refractivity contribution in [3.63, 3.8) is 0 Å². The molecular weight excluding hydrogens is 388 g/mol. The first-order valence-electron chi connectivity index (χ1n) is 9.20. The van der Waals surface area contributed by atoms with E-state index in [0.29, 0.717) is 28.5 Å². The second-order valence-electron chi connectivity index (χ2n) is 7.29. The summed E-state index contributed by atoms with van der Waals surface area (Å²) in [5.74, 6) is 1.20. The van der Waals surface area contributed by atoms with Crippen molar-refractivity contribution < 1.29 is 8.95 Å². The Labute approximate surface area is 170 Å². The third-order valence-electron chi connectivity index (χ3n) is 4.87. The molecule has 0 amide bonds. The molecule has 3 aromatic heterocycles. The number of aromatic nitrogens is 6. The summed E-state index contributed by atoms with van der Waals surface area (Å²) in [4.78, 5) is 9.42. The standard InChI is InChI=1S/C20H22N6O2S/c1-20(2,28-3)7-8-29(27)17-10-15-11-24-26(19(15)21-12-17)16-6-4-5-14(9-16)18-22-13-23-25-18/h4-6,9-13H,7-8H2,1-3H3,(H,22,23,25)/t29-/m0/s1. The van der Waals surface area contributed by atoms with Crippen molar-refractivity contribution in [2.75, 3.05) is 12.9 Å². The number of nitrogens with zero attached hydrogens (tertiary/aromatic N) is 5. The molecule has 8 nitrogen and oxygen atoms in total. The summed E-state index contributed by atoms with van der Waals surface area (Å²) >= 11 is 0. The number of H-pyrrole nitrogens is 1. The first kappa shape index (κ1) is 19.4. The highest BCUT2D eigenvalue weighted by molar-refractivity contribution is 7.85. The van der Waals surface area contributed by atoms with E-state index in [4.69, 9.17) is 4.74 Å². The van der Waals surface area contributed by atoms with Gasteiger partial charge in [0.2, 0.25) is 0 Å². The highest BCUT2D eigenvalue weighted by Crippen LogP contribution is 2.23. The molecule has 0 unspecified atom stereocenters. The zero-order valence-electron chi connectivity index (χ0n) is 16.5. The van der Waals surface area contributed by atoms with Crippen LogP contribution in [0.4, 0.5) is 0 Å². The predicted octanol–water partition coefficient (Wildman–Crippen LogP) is 3.13. The van der Waals surface area contributed by atoms with Gasteiger partial charge in [-0.25, -0.2) is 14.6 Å². The Morgan fingerprint density at radius 3 is 2.83 bits per heavy atom. The third kappa shape index (κ3) is 4.10. The lowest BCUT2D eigenvalue weighted by molar-refractivity contribution is 0.0205. The quantitative estimate of drug-likeness (QED) is 0.503. The van der Waals surface area contributed by atoms with Gasteiger partial charge in [0.05, 0.1) is 33.2 Å². The zero-order chi connectivity index (χ0) is 20.4.